The van der Waals surface area contributed by atoms with Crippen LogP contribution in [0.15, 0.2) is 45.5 Å². The molecule has 0 saturated carbocycles. The highest BCUT2D eigenvalue weighted by Gasteiger charge is 2.33. The van der Waals surface area contributed by atoms with Crippen LogP contribution in [0, 0.1) is 5.92 Å². The van der Waals surface area contributed by atoms with E-state index in [0.717, 1.165) is 12.3 Å². The number of anilines is 1. The summed E-state index contributed by atoms with van der Waals surface area (Å²) in [6, 6.07) is 6.89. The van der Waals surface area contributed by atoms with Crippen LogP contribution in [-0.4, -0.2) is 59.3 Å². The third-order valence-electron chi connectivity index (χ3n) is 5.07. The molecule has 12 heteroatoms. The number of sulfone groups is 1. The molecule has 2 N–H and O–H groups in total. The number of benzene rings is 1. The van der Waals surface area contributed by atoms with Crippen molar-refractivity contribution in [3.05, 3.63) is 41.3 Å². The summed E-state index contributed by atoms with van der Waals surface area (Å²) in [6.45, 7) is 0.270. The molecular weight excluding hydrogens is 462 g/mol. The molecule has 1 saturated heterocycles. The lowest BCUT2D eigenvalue weighted by Crippen LogP contribution is -2.41. The van der Waals surface area contributed by atoms with E-state index in [1.54, 1.807) is 11.4 Å². The first-order valence-electron chi connectivity index (χ1n) is 9.44. The van der Waals surface area contributed by atoms with Crippen molar-refractivity contribution in [2.45, 2.75) is 22.6 Å². The van der Waals surface area contributed by atoms with Crippen molar-refractivity contribution >= 4 is 48.0 Å². The van der Waals surface area contributed by atoms with Gasteiger partial charge in [0.2, 0.25) is 15.9 Å². The van der Waals surface area contributed by atoms with E-state index in [1.165, 1.54) is 40.9 Å². The number of thiophene rings is 1. The van der Waals surface area contributed by atoms with Gasteiger partial charge in [0.15, 0.2) is 9.84 Å². The fraction of sp³-hybridized carbons (Fsp3) is 0.368. The fourth-order valence-electron chi connectivity index (χ4n) is 3.31. The zero-order valence-electron chi connectivity index (χ0n) is 17.0. The molecule has 0 radical (unpaired) electrons. The number of amides is 2. The summed E-state index contributed by atoms with van der Waals surface area (Å²) < 4.78 is 50.6. The van der Waals surface area contributed by atoms with Crippen molar-refractivity contribution in [2.24, 2.45) is 5.92 Å². The van der Waals surface area contributed by atoms with Gasteiger partial charge in [0.25, 0.3) is 5.91 Å². The van der Waals surface area contributed by atoms with E-state index in [-0.39, 0.29) is 34.7 Å². The summed E-state index contributed by atoms with van der Waals surface area (Å²) in [5, 5.41) is 7.45. The van der Waals surface area contributed by atoms with Crippen molar-refractivity contribution < 1.29 is 26.4 Å². The highest BCUT2D eigenvalue weighted by Crippen LogP contribution is 2.28. The van der Waals surface area contributed by atoms with Crippen molar-refractivity contribution in [2.75, 3.05) is 31.7 Å². The molecule has 1 fully saturated rings. The van der Waals surface area contributed by atoms with Crippen LogP contribution in [0.3, 0.4) is 0 Å². The van der Waals surface area contributed by atoms with Gasteiger partial charge in [-0.1, -0.05) is 6.07 Å². The predicted molar refractivity (Wildman–Crippen MR) is 117 cm³/mol. The first kappa shape index (κ1) is 23.4. The second kappa shape index (κ2) is 9.07. The van der Waals surface area contributed by atoms with E-state index in [2.05, 4.69) is 10.6 Å². The predicted octanol–water partition coefficient (Wildman–Crippen LogP) is 1.55. The Kier molecular flexibility index (Phi) is 6.84. The average molecular weight is 486 g/mol. The van der Waals surface area contributed by atoms with E-state index in [0.29, 0.717) is 23.4 Å². The van der Waals surface area contributed by atoms with E-state index in [1.807, 2.05) is 0 Å². The van der Waals surface area contributed by atoms with E-state index < -0.39 is 25.8 Å². The molecule has 0 aliphatic carbocycles. The number of carbonyl (C=O) groups is 2. The number of hydrogen-bond donors (Lipinski definition) is 2. The van der Waals surface area contributed by atoms with Gasteiger partial charge in [-0.05, 0) is 42.5 Å². The smallest absolute Gasteiger partial charge is 0.254 e. The van der Waals surface area contributed by atoms with Crippen LogP contribution in [0.1, 0.15) is 23.2 Å². The molecule has 1 aliphatic rings. The van der Waals surface area contributed by atoms with Gasteiger partial charge in [0.05, 0.1) is 15.4 Å². The van der Waals surface area contributed by atoms with Crippen LogP contribution in [0.4, 0.5) is 5.00 Å². The maximum atomic E-state index is 12.9. The quantitative estimate of drug-likeness (QED) is 0.639. The molecule has 3 rings (SSSR count). The minimum absolute atomic E-state index is 0.0642. The third-order valence-corrected chi connectivity index (χ3v) is 8.90. The molecule has 1 aliphatic heterocycles. The number of hydrogen-bond acceptors (Lipinski definition) is 7. The monoisotopic (exact) mass is 485 g/mol. The lowest BCUT2D eigenvalue weighted by Gasteiger charge is -2.30. The molecular formula is C19H23N3O6S3. The molecule has 2 amide bonds. The molecule has 2 aromatic rings. The Bertz CT molecular complexity index is 1200. The van der Waals surface area contributed by atoms with E-state index in [4.69, 9.17) is 0 Å². The van der Waals surface area contributed by atoms with Crippen LogP contribution < -0.4 is 10.6 Å². The highest BCUT2D eigenvalue weighted by atomic mass is 32.2. The number of nitrogens with zero attached hydrogens (tertiary/aromatic N) is 1. The SMILES string of the molecule is CNC(=O)c1ccsc1NC(=O)C1CCN(S(=O)(=O)c2cccc(S(C)(=O)=O)c2)CC1. The maximum Gasteiger partial charge on any atom is 0.254 e. The molecule has 9 nitrogen and oxygen atoms in total. The number of carbonyl (C=O) groups excluding carboxylic acids is 2. The summed E-state index contributed by atoms with van der Waals surface area (Å²) in [4.78, 5) is 24.3. The van der Waals surface area contributed by atoms with Crippen LogP contribution in [0.25, 0.3) is 0 Å². The minimum atomic E-state index is -3.88. The lowest BCUT2D eigenvalue weighted by molar-refractivity contribution is -0.120. The van der Waals surface area contributed by atoms with Crippen molar-refractivity contribution in [1.82, 2.24) is 9.62 Å². The topological polar surface area (TPSA) is 130 Å². The molecule has 0 atom stereocenters. The number of nitrogens with one attached hydrogen (secondary N) is 2. The second-order valence-corrected chi connectivity index (χ2v) is 12.0. The van der Waals surface area contributed by atoms with Gasteiger partial charge in [0.1, 0.15) is 5.00 Å². The zero-order chi connectivity index (χ0) is 22.8. The van der Waals surface area contributed by atoms with Crippen molar-refractivity contribution in [3.63, 3.8) is 0 Å². The number of rotatable bonds is 6. The van der Waals surface area contributed by atoms with Crippen LogP contribution in [0.2, 0.25) is 0 Å². The number of sulfonamides is 1. The summed E-state index contributed by atoms with van der Waals surface area (Å²) >= 11 is 1.24. The van der Waals surface area contributed by atoms with Crippen LogP contribution in [-0.2, 0) is 24.7 Å². The zero-order valence-corrected chi connectivity index (χ0v) is 19.4. The summed E-state index contributed by atoms with van der Waals surface area (Å²) in [5.41, 5.74) is 0.381. The largest absolute Gasteiger partial charge is 0.355 e. The maximum absolute atomic E-state index is 12.9. The fourth-order valence-corrected chi connectivity index (χ4v) is 6.35. The average Bonchev–Trinajstić information content (AvgIpc) is 3.20. The van der Waals surface area contributed by atoms with Gasteiger partial charge < -0.3 is 10.6 Å². The van der Waals surface area contributed by atoms with E-state index in [9.17, 15) is 26.4 Å². The first-order chi connectivity index (χ1) is 14.5. The Labute approximate surface area is 185 Å². The van der Waals surface area contributed by atoms with Gasteiger partial charge in [0, 0.05) is 32.3 Å². The summed E-state index contributed by atoms with van der Waals surface area (Å²) in [5.74, 6) is -0.953. The third kappa shape index (κ3) is 5.14. The standard InChI is InChI=1S/C19H23N3O6S3/c1-20-18(24)16-8-11-29-19(16)21-17(23)13-6-9-22(10-7-13)31(27,28)15-5-3-4-14(12-15)30(2,25)26/h3-5,8,11-13H,6-7,9-10H2,1-2H3,(H,20,24)(H,21,23). The number of piperidine rings is 1. The molecule has 168 valence electrons. The van der Waals surface area contributed by atoms with Gasteiger partial charge >= 0.3 is 0 Å². The van der Waals surface area contributed by atoms with Gasteiger partial charge in [-0.25, -0.2) is 16.8 Å². The molecule has 31 heavy (non-hydrogen) atoms. The van der Waals surface area contributed by atoms with Crippen molar-refractivity contribution in [3.8, 4) is 0 Å². The molecule has 0 spiro atoms. The minimum Gasteiger partial charge on any atom is -0.355 e. The lowest BCUT2D eigenvalue weighted by atomic mass is 9.97. The van der Waals surface area contributed by atoms with Crippen LogP contribution in [0.5, 0.6) is 0 Å². The van der Waals surface area contributed by atoms with Gasteiger partial charge in [-0.3, -0.25) is 9.59 Å². The Hall–Kier alpha value is -2.28. The molecule has 0 bridgehead atoms. The summed E-state index contributed by atoms with van der Waals surface area (Å²) in [6.07, 6.45) is 1.65. The normalized spacial score (nSPS) is 16.1. The Morgan fingerprint density at radius 2 is 1.71 bits per heavy atom. The van der Waals surface area contributed by atoms with Crippen molar-refractivity contribution in [1.29, 1.82) is 0 Å². The molecule has 1 aromatic carbocycles. The Morgan fingerprint density at radius 3 is 2.32 bits per heavy atom. The van der Waals surface area contributed by atoms with Crippen LogP contribution >= 0.6 is 11.3 Å². The molecule has 0 unspecified atom stereocenters. The van der Waals surface area contributed by atoms with E-state index >= 15 is 0 Å². The summed E-state index contributed by atoms with van der Waals surface area (Å²) in [7, 11) is -5.91. The highest BCUT2D eigenvalue weighted by molar-refractivity contribution is 7.91. The van der Waals surface area contributed by atoms with Gasteiger partial charge in [-0.15, -0.1) is 11.3 Å². The van der Waals surface area contributed by atoms with Gasteiger partial charge in [-0.2, -0.15) is 4.31 Å². The Balaban J connectivity index is 1.67. The first-order valence-corrected chi connectivity index (χ1v) is 13.7. The molecule has 1 aromatic heterocycles. The Morgan fingerprint density at radius 1 is 1.06 bits per heavy atom. The second-order valence-electron chi connectivity index (χ2n) is 7.16. The molecule has 2 heterocycles.